The number of aryl methyl sites for hydroxylation is 1. The van der Waals surface area contributed by atoms with Gasteiger partial charge in [-0.2, -0.15) is 5.10 Å². The topological polar surface area (TPSA) is 50.2 Å². The van der Waals surface area contributed by atoms with Gasteiger partial charge in [-0.1, -0.05) is 23.7 Å². The third kappa shape index (κ3) is 3.26. The normalized spacial score (nSPS) is 26.7. The number of piperidine rings is 1. The monoisotopic (exact) mass is 372 g/mol. The van der Waals surface area contributed by atoms with Gasteiger partial charge in [-0.3, -0.25) is 9.48 Å². The Balaban J connectivity index is 1.61. The first-order valence-corrected chi connectivity index (χ1v) is 9.67. The van der Waals surface area contributed by atoms with Crippen LogP contribution in [0.25, 0.3) is 0 Å². The van der Waals surface area contributed by atoms with Crippen molar-refractivity contribution in [3.8, 4) is 0 Å². The van der Waals surface area contributed by atoms with Gasteiger partial charge in [0.25, 0.3) is 5.91 Å². The first-order chi connectivity index (χ1) is 12.5. The van der Waals surface area contributed by atoms with Gasteiger partial charge in [0.2, 0.25) is 0 Å². The molecule has 1 aromatic carbocycles. The van der Waals surface area contributed by atoms with Gasteiger partial charge >= 0.3 is 0 Å². The largest absolute Gasteiger partial charge is 0.344 e. The number of nitrogens with one attached hydrogen (secondary N) is 1. The third-order valence-electron chi connectivity index (χ3n) is 6.18. The molecule has 2 aliphatic heterocycles. The van der Waals surface area contributed by atoms with Crippen LogP contribution in [0.15, 0.2) is 36.5 Å². The number of rotatable bonds is 4. The standard InChI is InChI=1S/C20H25ClN4O/c1-24-16-7-8-17(24)12-14(11-16)19(13-3-5-15(21)6-4-13)23-20(26)18-9-10-22-25(18)2/h3-6,9-10,14,16-17,19H,7-8,11-12H2,1-2H3,(H,23,26). The Hall–Kier alpha value is -1.85. The zero-order valence-corrected chi connectivity index (χ0v) is 16.0. The Morgan fingerprint density at radius 3 is 2.38 bits per heavy atom. The van der Waals surface area contributed by atoms with Gasteiger partial charge in [0.05, 0.1) is 6.04 Å². The number of amides is 1. The lowest BCUT2D eigenvalue weighted by atomic mass is 9.82. The van der Waals surface area contributed by atoms with E-state index in [-0.39, 0.29) is 11.9 Å². The highest BCUT2D eigenvalue weighted by molar-refractivity contribution is 6.30. The van der Waals surface area contributed by atoms with E-state index in [4.69, 9.17) is 11.6 Å². The van der Waals surface area contributed by atoms with Crippen molar-refractivity contribution < 1.29 is 4.79 Å². The second-order valence-corrected chi connectivity index (χ2v) is 8.06. The van der Waals surface area contributed by atoms with E-state index in [1.165, 1.54) is 12.8 Å². The fourth-order valence-corrected chi connectivity index (χ4v) is 4.81. The van der Waals surface area contributed by atoms with E-state index < -0.39 is 0 Å². The van der Waals surface area contributed by atoms with Gasteiger partial charge < -0.3 is 10.2 Å². The number of halogens is 1. The highest BCUT2D eigenvalue weighted by atomic mass is 35.5. The molecule has 6 heteroatoms. The zero-order chi connectivity index (χ0) is 18.3. The second-order valence-electron chi connectivity index (χ2n) is 7.62. The van der Waals surface area contributed by atoms with Gasteiger partial charge in [0, 0.05) is 30.4 Å². The number of hydrogen-bond donors (Lipinski definition) is 1. The molecule has 5 nitrogen and oxygen atoms in total. The van der Waals surface area contributed by atoms with Gasteiger partial charge in [-0.05, 0) is 62.4 Å². The molecular formula is C20H25ClN4O. The van der Waals surface area contributed by atoms with Crippen LogP contribution in [0.5, 0.6) is 0 Å². The molecule has 0 spiro atoms. The summed E-state index contributed by atoms with van der Waals surface area (Å²) in [7, 11) is 4.03. The molecule has 4 rings (SSSR count). The molecule has 2 fully saturated rings. The summed E-state index contributed by atoms with van der Waals surface area (Å²) in [4.78, 5) is 15.4. The predicted molar refractivity (Wildman–Crippen MR) is 102 cm³/mol. The predicted octanol–water partition coefficient (Wildman–Crippen LogP) is 3.42. The molecule has 1 N–H and O–H groups in total. The fourth-order valence-electron chi connectivity index (χ4n) is 4.68. The van der Waals surface area contributed by atoms with Crippen molar-refractivity contribution in [1.82, 2.24) is 20.0 Å². The summed E-state index contributed by atoms with van der Waals surface area (Å²) in [5, 5.41) is 8.12. The highest BCUT2D eigenvalue weighted by Gasteiger charge is 2.41. The molecule has 3 unspecified atom stereocenters. The van der Waals surface area contributed by atoms with Crippen LogP contribution in [-0.2, 0) is 7.05 Å². The molecule has 2 aromatic rings. The van der Waals surface area contributed by atoms with Crippen LogP contribution in [0.4, 0.5) is 0 Å². The Morgan fingerprint density at radius 2 is 1.81 bits per heavy atom. The molecular weight excluding hydrogens is 348 g/mol. The lowest BCUT2D eigenvalue weighted by Crippen LogP contribution is -2.45. The van der Waals surface area contributed by atoms with Crippen molar-refractivity contribution in [2.45, 2.75) is 43.8 Å². The molecule has 0 saturated carbocycles. The Kier molecular flexibility index (Phi) is 4.76. The van der Waals surface area contributed by atoms with E-state index in [1.807, 2.05) is 24.3 Å². The van der Waals surface area contributed by atoms with Gasteiger partial charge in [-0.15, -0.1) is 0 Å². The van der Waals surface area contributed by atoms with Gasteiger partial charge in [-0.25, -0.2) is 0 Å². The third-order valence-corrected chi connectivity index (χ3v) is 6.43. The first kappa shape index (κ1) is 17.6. The molecule has 0 radical (unpaired) electrons. The van der Waals surface area contributed by atoms with Crippen LogP contribution in [0.3, 0.4) is 0 Å². The number of aromatic nitrogens is 2. The van der Waals surface area contributed by atoms with E-state index in [0.29, 0.717) is 28.7 Å². The van der Waals surface area contributed by atoms with Crippen molar-refractivity contribution in [2.75, 3.05) is 7.05 Å². The van der Waals surface area contributed by atoms with Crippen molar-refractivity contribution >= 4 is 17.5 Å². The lowest BCUT2D eigenvalue weighted by molar-refractivity contribution is 0.0834. The maximum absolute atomic E-state index is 12.9. The van der Waals surface area contributed by atoms with E-state index in [0.717, 1.165) is 18.4 Å². The summed E-state index contributed by atoms with van der Waals surface area (Å²) in [6.45, 7) is 0. The van der Waals surface area contributed by atoms with Gasteiger partial charge in [0.1, 0.15) is 5.69 Å². The van der Waals surface area contributed by atoms with Crippen LogP contribution < -0.4 is 5.32 Å². The van der Waals surface area contributed by atoms with E-state index in [2.05, 4.69) is 22.4 Å². The molecule has 3 heterocycles. The van der Waals surface area contributed by atoms with E-state index in [9.17, 15) is 4.79 Å². The summed E-state index contributed by atoms with van der Waals surface area (Å²) in [6, 6.07) is 10.9. The van der Waals surface area contributed by atoms with Crippen LogP contribution in [0.2, 0.25) is 5.02 Å². The molecule has 2 bridgehead atoms. The molecule has 0 aliphatic carbocycles. The van der Waals surface area contributed by atoms with E-state index in [1.54, 1.807) is 24.0 Å². The summed E-state index contributed by atoms with van der Waals surface area (Å²) in [5.74, 6) is 0.360. The SMILES string of the molecule is CN1C2CCC1CC(C(NC(=O)c1ccnn1C)c1ccc(Cl)cc1)C2. The average molecular weight is 373 g/mol. The Bertz CT molecular complexity index is 773. The van der Waals surface area contributed by atoms with Crippen LogP contribution >= 0.6 is 11.6 Å². The van der Waals surface area contributed by atoms with Crippen LogP contribution in [0, 0.1) is 5.92 Å². The van der Waals surface area contributed by atoms with Gasteiger partial charge in [0.15, 0.2) is 0 Å². The quantitative estimate of drug-likeness (QED) is 0.894. The Labute approximate surface area is 159 Å². The maximum Gasteiger partial charge on any atom is 0.270 e. The number of fused-ring (bicyclic) bond motifs is 2. The van der Waals surface area contributed by atoms with Crippen molar-refractivity contribution in [3.63, 3.8) is 0 Å². The Morgan fingerprint density at radius 1 is 1.15 bits per heavy atom. The fraction of sp³-hybridized carbons (Fsp3) is 0.500. The minimum absolute atomic E-state index is 0.00790. The van der Waals surface area contributed by atoms with Crippen molar-refractivity contribution in [2.24, 2.45) is 13.0 Å². The summed E-state index contributed by atoms with van der Waals surface area (Å²) >= 11 is 6.08. The lowest BCUT2D eigenvalue weighted by Gasteiger charge is -2.40. The molecule has 2 aliphatic rings. The molecule has 26 heavy (non-hydrogen) atoms. The second kappa shape index (κ2) is 7.05. The highest BCUT2D eigenvalue weighted by Crippen LogP contribution is 2.42. The van der Waals surface area contributed by atoms with Crippen molar-refractivity contribution in [3.05, 3.63) is 52.8 Å². The molecule has 1 amide bonds. The summed E-state index contributed by atoms with van der Waals surface area (Å²) < 4.78 is 1.62. The number of carbonyl (C=O) groups is 1. The van der Waals surface area contributed by atoms with Crippen LogP contribution in [-0.4, -0.2) is 39.7 Å². The minimum Gasteiger partial charge on any atom is -0.344 e. The minimum atomic E-state index is -0.0729. The first-order valence-electron chi connectivity index (χ1n) is 9.29. The zero-order valence-electron chi connectivity index (χ0n) is 15.2. The molecule has 1 aromatic heterocycles. The maximum atomic E-state index is 12.9. The van der Waals surface area contributed by atoms with Crippen molar-refractivity contribution in [1.29, 1.82) is 0 Å². The summed E-state index contributed by atoms with van der Waals surface area (Å²) in [5.41, 5.74) is 1.71. The smallest absolute Gasteiger partial charge is 0.270 e. The molecule has 2 saturated heterocycles. The number of carbonyl (C=O) groups excluding carboxylic acids is 1. The van der Waals surface area contributed by atoms with Crippen LogP contribution in [0.1, 0.15) is 47.8 Å². The molecule has 138 valence electrons. The van der Waals surface area contributed by atoms with E-state index >= 15 is 0 Å². The molecule has 3 atom stereocenters. The summed E-state index contributed by atoms with van der Waals surface area (Å²) in [6.07, 6.45) is 6.42. The average Bonchev–Trinajstić information content (AvgIpc) is 3.12. The number of benzene rings is 1. The number of hydrogen-bond acceptors (Lipinski definition) is 3. The number of nitrogens with zero attached hydrogens (tertiary/aromatic N) is 3.